The number of rotatable bonds is 2. The molecule has 1 aromatic carbocycles. The topological polar surface area (TPSA) is 75.9 Å². The Kier molecular flexibility index (Phi) is 3.31. The summed E-state index contributed by atoms with van der Waals surface area (Å²) in [6.07, 6.45) is 1.47. The number of aromatic nitrogens is 4. The van der Waals surface area contributed by atoms with Crippen LogP contribution in [0.5, 0.6) is 0 Å². The predicted octanol–water partition coefficient (Wildman–Crippen LogP) is 0.607. The smallest absolute Gasteiger partial charge is 0.256 e. The maximum Gasteiger partial charge on any atom is 0.256 e. The van der Waals surface area contributed by atoms with E-state index in [4.69, 9.17) is 11.6 Å². The van der Waals surface area contributed by atoms with Gasteiger partial charge in [0.1, 0.15) is 6.33 Å². The van der Waals surface area contributed by atoms with E-state index in [1.165, 1.54) is 11.0 Å². The third kappa shape index (κ3) is 2.26. The van der Waals surface area contributed by atoms with Crippen molar-refractivity contribution in [1.82, 2.24) is 30.4 Å². The number of carbonyl (C=O) groups is 1. The van der Waals surface area contributed by atoms with Crippen LogP contribution in [0.3, 0.4) is 0 Å². The first-order valence-corrected chi connectivity index (χ1v) is 7.63. The molecule has 2 atom stereocenters. The number of carbonyl (C=O) groups excluding carboxylic acids is 1. The third-order valence-electron chi connectivity index (χ3n) is 4.46. The molecule has 2 aliphatic rings. The summed E-state index contributed by atoms with van der Waals surface area (Å²) in [5.74, 6) is 1.10. The van der Waals surface area contributed by atoms with Crippen molar-refractivity contribution >= 4 is 17.5 Å². The van der Waals surface area contributed by atoms with Crippen LogP contribution in [0.1, 0.15) is 10.4 Å². The zero-order valence-corrected chi connectivity index (χ0v) is 12.6. The van der Waals surface area contributed by atoms with Crippen molar-refractivity contribution in [3.05, 3.63) is 35.1 Å². The summed E-state index contributed by atoms with van der Waals surface area (Å²) in [5.41, 5.74) is 1.18. The molecule has 1 amide bonds. The van der Waals surface area contributed by atoms with Gasteiger partial charge in [-0.25, -0.2) is 0 Å². The summed E-state index contributed by atoms with van der Waals surface area (Å²) in [6, 6.07) is 5.19. The number of halogens is 1. The monoisotopic (exact) mass is 318 g/mol. The van der Waals surface area contributed by atoms with E-state index in [9.17, 15) is 4.79 Å². The van der Waals surface area contributed by atoms with Crippen LogP contribution in [-0.4, -0.2) is 57.2 Å². The minimum absolute atomic E-state index is 0.0117. The molecular weight excluding hydrogens is 304 g/mol. The number of nitrogens with zero attached hydrogens (tertiary/aromatic N) is 5. The highest BCUT2D eigenvalue weighted by atomic mass is 35.5. The normalized spacial score (nSPS) is 23.8. The van der Waals surface area contributed by atoms with Crippen molar-refractivity contribution in [2.75, 3.05) is 26.2 Å². The lowest BCUT2D eigenvalue weighted by molar-refractivity contribution is 0.0781. The van der Waals surface area contributed by atoms with Crippen LogP contribution in [0.4, 0.5) is 0 Å². The molecule has 114 valence electrons. The second-order valence-electron chi connectivity index (χ2n) is 5.80. The molecule has 2 fully saturated rings. The Morgan fingerprint density at radius 1 is 1.27 bits per heavy atom. The van der Waals surface area contributed by atoms with Gasteiger partial charge in [-0.15, -0.1) is 5.10 Å². The minimum atomic E-state index is -0.0117. The van der Waals surface area contributed by atoms with E-state index in [-0.39, 0.29) is 5.91 Å². The lowest BCUT2D eigenvalue weighted by Gasteiger charge is -2.19. The lowest BCUT2D eigenvalue weighted by Crippen LogP contribution is -2.32. The number of amides is 1. The van der Waals surface area contributed by atoms with Crippen molar-refractivity contribution in [1.29, 1.82) is 0 Å². The molecule has 0 spiro atoms. The predicted molar refractivity (Wildman–Crippen MR) is 79.9 cm³/mol. The van der Waals surface area contributed by atoms with Gasteiger partial charge in [0.15, 0.2) is 0 Å². The Balaban J connectivity index is 1.67. The van der Waals surface area contributed by atoms with E-state index >= 15 is 0 Å². The van der Waals surface area contributed by atoms with E-state index in [1.807, 2.05) is 4.90 Å². The summed E-state index contributed by atoms with van der Waals surface area (Å²) in [6.45, 7) is 3.56. The molecule has 2 saturated heterocycles. The van der Waals surface area contributed by atoms with Gasteiger partial charge in [0.2, 0.25) is 0 Å². The molecular formula is C14H15ClN6O. The number of hydrogen-bond donors (Lipinski definition) is 1. The second-order valence-corrected chi connectivity index (χ2v) is 6.24. The Hall–Kier alpha value is -1.99. The zero-order valence-electron chi connectivity index (χ0n) is 11.8. The van der Waals surface area contributed by atoms with Gasteiger partial charge >= 0.3 is 0 Å². The number of nitrogens with one attached hydrogen (secondary N) is 1. The average Bonchev–Trinajstić information content (AvgIpc) is 3.22. The van der Waals surface area contributed by atoms with Crippen LogP contribution in [0, 0.1) is 11.8 Å². The number of hydrogen-bond acceptors (Lipinski definition) is 5. The van der Waals surface area contributed by atoms with Crippen molar-refractivity contribution in [3.63, 3.8) is 0 Å². The molecule has 0 aliphatic carbocycles. The Morgan fingerprint density at radius 2 is 2.05 bits per heavy atom. The van der Waals surface area contributed by atoms with Gasteiger partial charge in [-0.3, -0.25) is 4.79 Å². The first kappa shape index (κ1) is 13.7. The highest BCUT2D eigenvalue weighted by molar-refractivity contribution is 6.31. The Labute approximate surface area is 132 Å². The molecule has 8 heteroatoms. The molecule has 22 heavy (non-hydrogen) atoms. The van der Waals surface area contributed by atoms with Crippen molar-refractivity contribution < 1.29 is 4.79 Å². The molecule has 0 radical (unpaired) electrons. The van der Waals surface area contributed by atoms with Crippen LogP contribution < -0.4 is 5.32 Å². The summed E-state index contributed by atoms with van der Waals surface area (Å²) < 4.78 is 1.49. The zero-order chi connectivity index (χ0) is 15.1. The standard InChI is InChI=1S/C14H15ClN6O/c15-11-1-2-13(21-8-17-18-19-21)12(3-11)14(22)20-6-9-4-16-5-10(9)7-20/h1-3,8-10,16H,4-7H2/t9-,10+. The van der Waals surface area contributed by atoms with Crippen LogP contribution in [0.25, 0.3) is 5.69 Å². The molecule has 1 aromatic heterocycles. The minimum Gasteiger partial charge on any atom is -0.338 e. The SMILES string of the molecule is O=C(c1cc(Cl)ccc1-n1cnnn1)N1C[C@H]2CNC[C@H]2C1. The van der Waals surface area contributed by atoms with Crippen LogP contribution in [0.2, 0.25) is 5.02 Å². The van der Waals surface area contributed by atoms with Crippen LogP contribution in [0.15, 0.2) is 24.5 Å². The molecule has 2 aromatic rings. The Bertz CT molecular complexity index is 691. The van der Waals surface area contributed by atoms with E-state index in [2.05, 4.69) is 20.8 Å². The molecule has 4 rings (SSSR count). The number of tetrazole rings is 1. The van der Waals surface area contributed by atoms with Gasteiger partial charge in [0.25, 0.3) is 5.91 Å². The van der Waals surface area contributed by atoms with Crippen LogP contribution in [-0.2, 0) is 0 Å². The first-order valence-electron chi connectivity index (χ1n) is 7.25. The molecule has 0 unspecified atom stereocenters. The fraction of sp³-hybridized carbons (Fsp3) is 0.429. The third-order valence-corrected chi connectivity index (χ3v) is 4.70. The van der Waals surface area contributed by atoms with E-state index in [0.717, 1.165) is 26.2 Å². The van der Waals surface area contributed by atoms with E-state index in [0.29, 0.717) is 28.1 Å². The number of fused-ring (bicyclic) bond motifs is 1. The summed E-state index contributed by atoms with van der Waals surface area (Å²) in [5, 5.41) is 15.0. The van der Waals surface area contributed by atoms with Crippen molar-refractivity contribution in [2.45, 2.75) is 0 Å². The number of likely N-dealkylation sites (tertiary alicyclic amines) is 1. The summed E-state index contributed by atoms with van der Waals surface area (Å²) in [4.78, 5) is 14.8. The Morgan fingerprint density at radius 3 is 2.73 bits per heavy atom. The average molecular weight is 319 g/mol. The lowest BCUT2D eigenvalue weighted by atomic mass is 10.0. The van der Waals surface area contributed by atoms with Crippen LogP contribution >= 0.6 is 11.6 Å². The molecule has 3 heterocycles. The van der Waals surface area contributed by atoms with Gasteiger partial charge in [0.05, 0.1) is 11.3 Å². The highest BCUT2D eigenvalue weighted by Gasteiger charge is 2.38. The van der Waals surface area contributed by atoms with Gasteiger partial charge in [0, 0.05) is 31.2 Å². The van der Waals surface area contributed by atoms with Crippen molar-refractivity contribution in [2.24, 2.45) is 11.8 Å². The molecule has 7 nitrogen and oxygen atoms in total. The van der Waals surface area contributed by atoms with Gasteiger partial charge in [-0.2, -0.15) is 4.68 Å². The van der Waals surface area contributed by atoms with E-state index < -0.39 is 0 Å². The molecule has 1 N–H and O–H groups in total. The molecule has 0 saturated carbocycles. The maximum atomic E-state index is 12.9. The summed E-state index contributed by atoms with van der Waals surface area (Å²) >= 11 is 6.08. The fourth-order valence-electron chi connectivity index (χ4n) is 3.34. The first-order chi connectivity index (χ1) is 10.7. The van der Waals surface area contributed by atoms with Crippen molar-refractivity contribution in [3.8, 4) is 5.69 Å². The largest absolute Gasteiger partial charge is 0.338 e. The number of benzene rings is 1. The highest BCUT2D eigenvalue weighted by Crippen LogP contribution is 2.29. The van der Waals surface area contributed by atoms with Gasteiger partial charge in [-0.05, 0) is 40.5 Å². The maximum absolute atomic E-state index is 12.9. The van der Waals surface area contributed by atoms with Gasteiger partial charge in [-0.1, -0.05) is 11.6 Å². The summed E-state index contributed by atoms with van der Waals surface area (Å²) in [7, 11) is 0. The quantitative estimate of drug-likeness (QED) is 0.878. The van der Waals surface area contributed by atoms with E-state index in [1.54, 1.807) is 18.2 Å². The molecule has 0 bridgehead atoms. The second kappa shape index (κ2) is 5.33. The fourth-order valence-corrected chi connectivity index (χ4v) is 3.51. The van der Waals surface area contributed by atoms with Gasteiger partial charge < -0.3 is 10.2 Å². The molecule has 2 aliphatic heterocycles.